The van der Waals surface area contributed by atoms with Crippen LogP contribution in [-0.4, -0.2) is 43.8 Å². The van der Waals surface area contributed by atoms with Gasteiger partial charge in [0.15, 0.2) is 0 Å². The molecule has 1 amide bonds. The number of nitrogens with zero attached hydrogens (tertiary/aromatic N) is 1. The maximum atomic E-state index is 11.7. The van der Waals surface area contributed by atoms with Crippen LogP contribution in [0.15, 0.2) is 11.0 Å². The monoisotopic (exact) mass is 275 g/mol. The fourth-order valence-corrected chi connectivity index (χ4v) is 2.47. The van der Waals surface area contributed by atoms with E-state index in [1.165, 1.54) is 4.90 Å². The largest absolute Gasteiger partial charge is 0.481 e. The van der Waals surface area contributed by atoms with Gasteiger partial charge in [-0.3, -0.25) is 14.5 Å². The number of hydrogen-bond donors (Lipinski definition) is 2. The Bertz CT molecular complexity index is 418. The van der Waals surface area contributed by atoms with E-state index in [9.17, 15) is 14.4 Å². The summed E-state index contributed by atoms with van der Waals surface area (Å²) in [5.74, 6) is -2.64. The topological polar surface area (TPSA) is 94.9 Å². The summed E-state index contributed by atoms with van der Waals surface area (Å²) in [5, 5.41) is 17.0. The van der Waals surface area contributed by atoms with Gasteiger partial charge >= 0.3 is 11.9 Å². The standard InChI is InChI=1S/C9H9NO5S2/c11-6(12)2-1-3-10-8(15)5(4-7(13)14)17-9(10)16/h4H,1-3H2,(H,11,12)(H,13,14). The van der Waals surface area contributed by atoms with Crippen molar-refractivity contribution in [2.24, 2.45) is 0 Å². The van der Waals surface area contributed by atoms with E-state index < -0.39 is 17.8 Å². The van der Waals surface area contributed by atoms with Crippen molar-refractivity contribution in [3.63, 3.8) is 0 Å². The Hall–Kier alpha value is -1.41. The van der Waals surface area contributed by atoms with Crippen molar-refractivity contribution in [3.8, 4) is 0 Å². The summed E-state index contributed by atoms with van der Waals surface area (Å²) in [5.41, 5.74) is 0. The lowest BCUT2D eigenvalue weighted by Crippen LogP contribution is -2.29. The van der Waals surface area contributed by atoms with Crippen molar-refractivity contribution in [2.45, 2.75) is 12.8 Å². The lowest BCUT2D eigenvalue weighted by molar-refractivity contribution is -0.137. The van der Waals surface area contributed by atoms with Gasteiger partial charge in [-0.2, -0.15) is 0 Å². The third kappa shape index (κ3) is 3.82. The lowest BCUT2D eigenvalue weighted by Gasteiger charge is -2.12. The van der Waals surface area contributed by atoms with Crippen molar-refractivity contribution in [1.82, 2.24) is 4.90 Å². The van der Waals surface area contributed by atoms with Crippen LogP contribution in [0.4, 0.5) is 0 Å². The molecule has 0 spiro atoms. The molecular formula is C9H9NO5S2. The number of aliphatic carboxylic acids is 2. The molecule has 1 fully saturated rings. The Morgan fingerprint density at radius 3 is 2.59 bits per heavy atom. The van der Waals surface area contributed by atoms with E-state index in [4.69, 9.17) is 22.4 Å². The predicted molar refractivity (Wildman–Crippen MR) is 64.5 cm³/mol. The SMILES string of the molecule is O=C(O)C=C1SC(=S)N(CCCC(=O)O)C1=O. The number of carbonyl (C=O) groups excluding carboxylic acids is 1. The summed E-state index contributed by atoms with van der Waals surface area (Å²) in [6, 6.07) is 0. The second kappa shape index (κ2) is 5.78. The Kier molecular flexibility index (Phi) is 4.64. The minimum Gasteiger partial charge on any atom is -0.481 e. The third-order valence-corrected chi connectivity index (χ3v) is 3.28. The molecule has 0 bridgehead atoms. The van der Waals surface area contributed by atoms with Crippen molar-refractivity contribution in [2.75, 3.05) is 6.54 Å². The van der Waals surface area contributed by atoms with Gasteiger partial charge in [0, 0.05) is 19.0 Å². The van der Waals surface area contributed by atoms with E-state index >= 15 is 0 Å². The number of amides is 1. The smallest absolute Gasteiger partial charge is 0.329 e. The molecule has 0 aromatic rings. The summed E-state index contributed by atoms with van der Waals surface area (Å²) >= 11 is 5.82. The summed E-state index contributed by atoms with van der Waals surface area (Å²) in [6.45, 7) is 0.188. The fourth-order valence-electron chi connectivity index (χ4n) is 1.19. The number of thiocarbonyl (C=S) groups is 1. The molecule has 0 aromatic heterocycles. The summed E-state index contributed by atoms with van der Waals surface area (Å²) in [7, 11) is 0. The molecule has 0 radical (unpaired) electrons. The molecule has 1 aliphatic rings. The Labute approximate surface area is 106 Å². The highest BCUT2D eigenvalue weighted by molar-refractivity contribution is 8.26. The highest BCUT2D eigenvalue weighted by Gasteiger charge is 2.32. The molecule has 0 aliphatic carbocycles. The molecule has 8 heteroatoms. The van der Waals surface area contributed by atoms with Gasteiger partial charge in [-0.05, 0) is 6.42 Å². The van der Waals surface area contributed by atoms with Crippen molar-refractivity contribution in [1.29, 1.82) is 0 Å². The van der Waals surface area contributed by atoms with Crippen LogP contribution in [0.25, 0.3) is 0 Å². The number of hydrogen-bond acceptors (Lipinski definition) is 5. The molecule has 2 N–H and O–H groups in total. The van der Waals surface area contributed by atoms with Crippen LogP contribution in [0.3, 0.4) is 0 Å². The van der Waals surface area contributed by atoms with Crippen molar-refractivity contribution < 1.29 is 24.6 Å². The fraction of sp³-hybridized carbons (Fsp3) is 0.333. The van der Waals surface area contributed by atoms with E-state index in [0.29, 0.717) is 0 Å². The average molecular weight is 275 g/mol. The molecule has 0 saturated carbocycles. The van der Waals surface area contributed by atoms with Gasteiger partial charge in [-0.25, -0.2) is 4.79 Å². The van der Waals surface area contributed by atoms with Gasteiger partial charge in [-0.1, -0.05) is 24.0 Å². The molecule has 17 heavy (non-hydrogen) atoms. The lowest BCUT2D eigenvalue weighted by atomic mass is 10.3. The van der Waals surface area contributed by atoms with Crippen LogP contribution in [0.2, 0.25) is 0 Å². The number of carboxylic acid groups (broad SMARTS) is 2. The van der Waals surface area contributed by atoms with Crippen LogP contribution >= 0.6 is 24.0 Å². The van der Waals surface area contributed by atoms with E-state index in [1.807, 2.05) is 0 Å². The quantitative estimate of drug-likeness (QED) is 0.562. The molecule has 1 heterocycles. The van der Waals surface area contributed by atoms with Crippen LogP contribution in [0, 0.1) is 0 Å². The molecule has 0 unspecified atom stereocenters. The van der Waals surface area contributed by atoms with Gasteiger partial charge in [0.05, 0.1) is 4.91 Å². The highest BCUT2D eigenvalue weighted by Crippen LogP contribution is 2.30. The number of thioether (sulfide) groups is 1. The summed E-state index contributed by atoms with van der Waals surface area (Å²) < 4.78 is 0.257. The maximum absolute atomic E-state index is 11.7. The summed E-state index contributed by atoms with van der Waals surface area (Å²) in [6.07, 6.45) is 1.02. The van der Waals surface area contributed by atoms with Crippen molar-refractivity contribution in [3.05, 3.63) is 11.0 Å². The molecule has 6 nitrogen and oxygen atoms in total. The molecule has 1 saturated heterocycles. The van der Waals surface area contributed by atoms with Gasteiger partial charge in [0.2, 0.25) is 0 Å². The van der Waals surface area contributed by atoms with Crippen LogP contribution in [0.5, 0.6) is 0 Å². The first kappa shape index (κ1) is 13.7. The zero-order valence-corrected chi connectivity index (χ0v) is 10.2. The molecule has 1 aliphatic heterocycles. The van der Waals surface area contributed by atoms with Gasteiger partial charge < -0.3 is 10.2 Å². The number of carbonyl (C=O) groups is 3. The Balaban J connectivity index is 2.63. The number of carboxylic acids is 2. The van der Waals surface area contributed by atoms with Crippen LogP contribution in [0.1, 0.15) is 12.8 Å². The zero-order chi connectivity index (χ0) is 13.0. The van der Waals surface area contributed by atoms with Crippen LogP contribution in [-0.2, 0) is 14.4 Å². The van der Waals surface area contributed by atoms with Gasteiger partial charge in [-0.15, -0.1) is 0 Å². The average Bonchev–Trinajstić information content (AvgIpc) is 2.44. The Morgan fingerprint density at radius 1 is 1.41 bits per heavy atom. The third-order valence-electron chi connectivity index (χ3n) is 1.90. The minimum absolute atomic E-state index is 0.0535. The first-order chi connectivity index (χ1) is 7.91. The maximum Gasteiger partial charge on any atom is 0.329 e. The molecule has 92 valence electrons. The van der Waals surface area contributed by atoms with Gasteiger partial charge in [0.1, 0.15) is 4.32 Å². The molecule has 0 atom stereocenters. The normalized spacial score (nSPS) is 17.9. The van der Waals surface area contributed by atoms with Crippen LogP contribution < -0.4 is 0 Å². The predicted octanol–water partition coefficient (Wildman–Crippen LogP) is 0.680. The summed E-state index contributed by atoms with van der Waals surface area (Å²) in [4.78, 5) is 33.7. The van der Waals surface area contributed by atoms with E-state index in [2.05, 4.69) is 0 Å². The second-order valence-electron chi connectivity index (χ2n) is 3.17. The molecule has 0 aromatic carbocycles. The molecular weight excluding hydrogens is 266 g/mol. The van der Waals surface area contributed by atoms with E-state index in [1.54, 1.807) is 0 Å². The first-order valence-corrected chi connectivity index (χ1v) is 5.84. The van der Waals surface area contributed by atoms with E-state index in [-0.39, 0.29) is 28.6 Å². The Morgan fingerprint density at radius 2 is 2.06 bits per heavy atom. The minimum atomic E-state index is -1.21. The number of rotatable bonds is 5. The zero-order valence-electron chi connectivity index (χ0n) is 8.58. The first-order valence-electron chi connectivity index (χ1n) is 4.62. The van der Waals surface area contributed by atoms with Gasteiger partial charge in [0.25, 0.3) is 5.91 Å². The van der Waals surface area contributed by atoms with E-state index in [0.717, 1.165) is 17.8 Å². The van der Waals surface area contributed by atoms with Crippen molar-refractivity contribution >= 4 is 46.1 Å². The molecule has 1 rings (SSSR count). The second-order valence-corrected chi connectivity index (χ2v) is 4.84. The highest BCUT2D eigenvalue weighted by atomic mass is 32.2.